The molecule has 3 nitrogen and oxygen atoms in total. The summed E-state index contributed by atoms with van der Waals surface area (Å²) in [5.41, 5.74) is 0. The van der Waals surface area contributed by atoms with E-state index in [1.165, 1.54) is 11.3 Å². The molecule has 1 saturated heterocycles. The largest absolute Gasteiger partial charge is 0.381 e. The van der Waals surface area contributed by atoms with E-state index in [0.29, 0.717) is 12.5 Å². The third-order valence-corrected chi connectivity index (χ3v) is 4.44. The minimum absolute atomic E-state index is 0.283. The molecule has 18 heavy (non-hydrogen) atoms. The predicted molar refractivity (Wildman–Crippen MR) is 74.4 cm³/mol. The first kappa shape index (κ1) is 13.7. The predicted octanol–water partition coefficient (Wildman–Crippen LogP) is 2.82. The number of thiophene rings is 1. The van der Waals surface area contributed by atoms with E-state index in [4.69, 9.17) is 4.74 Å². The Labute approximate surface area is 113 Å². The van der Waals surface area contributed by atoms with Crippen LogP contribution in [0.15, 0.2) is 17.5 Å². The third kappa shape index (κ3) is 3.90. The molecule has 100 valence electrons. The fourth-order valence-corrected chi connectivity index (χ4v) is 3.05. The molecule has 2 rings (SSSR count). The topological polar surface area (TPSA) is 29.5 Å². The number of ether oxygens (including phenoxy) is 1. The second kappa shape index (κ2) is 7.02. The summed E-state index contributed by atoms with van der Waals surface area (Å²) in [5, 5.41) is 1.96. The van der Waals surface area contributed by atoms with Crippen LogP contribution >= 0.6 is 11.3 Å². The lowest BCUT2D eigenvalue weighted by Gasteiger charge is -2.31. The maximum Gasteiger partial charge on any atom is 0.172 e. The van der Waals surface area contributed by atoms with Gasteiger partial charge in [0.05, 0.1) is 4.88 Å². The average Bonchev–Trinajstić information content (AvgIpc) is 2.93. The van der Waals surface area contributed by atoms with Gasteiger partial charge in [-0.25, -0.2) is 0 Å². The van der Waals surface area contributed by atoms with E-state index in [0.717, 1.165) is 43.9 Å². The highest BCUT2D eigenvalue weighted by Gasteiger charge is 2.18. The van der Waals surface area contributed by atoms with Gasteiger partial charge < -0.3 is 9.64 Å². The van der Waals surface area contributed by atoms with Crippen molar-refractivity contribution in [3.05, 3.63) is 22.4 Å². The van der Waals surface area contributed by atoms with Gasteiger partial charge in [-0.05, 0) is 44.3 Å². The lowest BCUT2D eigenvalue weighted by molar-refractivity contribution is 0.0425. The van der Waals surface area contributed by atoms with Gasteiger partial charge in [0, 0.05) is 25.7 Å². The van der Waals surface area contributed by atoms with Crippen LogP contribution < -0.4 is 0 Å². The fraction of sp³-hybridized carbons (Fsp3) is 0.643. The summed E-state index contributed by atoms with van der Waals surface area (Å²) in [5.74, 6) is 0.283. The van der Waals surface area contributed by atoms with Crippen molar-refractivity contribution in [3.8, 4) is 0 Å². The van der Waals surface area contributed by atoms with Crippen LogP contribution in [0.4, 0.5) is 0 Å². The Kier molecular flexibility index (Phi) is 5.35. The molecule has 0 aromatic carbocycles. The average molecular weight is 267 g/mol. The van der Waals surface area contributed by atoms with Crippen LogP contribution in [-0.4, -0.2) is 43.5 Å². The van der Waals surface area contributed by atoms with Gasteiger partial charge in [-0.15, -0.1) is 11.3 Å². The Hall–Kier alpha value is -0.710. The number of rotatable bonds is 6. The normalized spacial score (nSPS) is 17.2. The van der Waals surface area contributed by atoms with Gasteiger partial charge >= 0.3 is 0 Å². The lowest BCUT2D eigenvalue weighted by Crippen LogP contribution is -2.37. The van der Waals surface area contributed by atoms with Crippen molar-refractivity contribution in [2.24, 2.45) is 0 Å². The molecule has 1 aromatic heterocycles. The molecule has 0 amide bonds. The number of Topliss-reactive ketones (excluding diaryl/α,β-unsaturated/α-hetero) is 1. The minimum Gasteiger partial charge on any atom is -0.381 e. The van der Waals surface area contributed by atoms with Gasteiger partial charge in [0.2, 0.25) is 0 Å². The van der Waals surface area contributed by atoms with Crippen LogP contribution in [0.1, 0.15) is 35.4 Å². The molecule has 0 unspecified atom stereocenters. The van der Waals surface area contributed by atoms with E-state index in [1.807, 2.05) is 17.5 Å². The van der Waals surface area contributed by atoms with Crippen LogP contribution in [0.2, 0.25) is 0 Å². The molecule has 0 atom stereocenters. The van der Waals surface area contributed by atoms with Crippen LogP contribution in [0.3, 0.4) is 0 Å². The summed E-state index contributed by atoms with van der Waals surface area (Å²) in [6.45, 7) is 2.76. The van der Waals surface area contributed by atoms with Gasteiger partial charge in [-0.1, -0.05) is 6.07 Å². The molecular weight excluding hydrogens is 246 g/mol. The van der Waals surface area contributed by atoms with Crippen molar-refractivity contribution in [3.63, 3.8) is 0 Å². The Morgan fingerprint density at radius 2 is 2.28 bits per heavy atom. The van der Waals surface area contributed by atoms with Gasteiger partial charge in [0.15, 0.2) is 5.78 Å². The molecule has 1 aliphatic heterocycles. The number of hydrogen-bond donors (Lipinski definition) is 0. The monoisotopic (exact) mass is 267 g/mol. The van der Waals surface area contributed by atoms with E-state index in [9.17, 15) is 4.79 Å². The Balaban J connectivity index is 1.67. The summed E-state index contributed by atoms with van der Waals surface area (Å²) in [7, 11) is 2.16. The zero-order chi connectivity index (χ0) is 12.8. The molecule has 0 saturated carbocycles. The summed E-state index contributed by atoms with van der Waals surface area (Å²) in [6, 6.07) is 4.48. The minimum atomic E-state index is 0.283. The molecule has 1 aliphatic rings. The molecule has 0 bridgehead atoms. The van der Waals surface area contributed by atoms with Gasteiger partial charge in [-0.2, -0.15) is 0 Å². The fourth-order valence-electron chi connectivity index (χ4n) is 2.36. The van der Waals surface area contributed by atoms with Crippen molar-refractivity contribution >= 4 is 17.1 Å². The second-order valence-corrected chi connectivity index (χ2v) is 5.78. The van der Waals surface area contributed by atoms with E-state index >= 15 is 0 Å². The number of carbonyl (C=O) groups excluding carboxylic acids is 1. The van der Waals surface area contributed by atoms with Crippen molar-refractivity contribution in [2.45, 2.75) is 31.7 Å². The molecule has 1 aromatic rings. The Morgan fingerprint density at radius 1 is 1.50 bits per heavy atom. The number of hydrogen-bond acceptors (Lipinski definition) is 4. The molecule has 0 N–H and O–H groups in total. The van der Waals surface area contributed by atoms with Crippen LogP contribution in [0.5, 0.6) is 0 Å². The van der Waals surface area contributed by atoms with Gasteiger partial charge in [0.1, 0.15) is 0 Å². The molecular formula is C14H21NO2S. The van der Waals surface area contributed by atoms with E-state index in [2.05, 4.69) is 11.9 Å². The number of ketones is 1. The summed E-state index contributed by atoms with van der Waals surface area (Å²) in [4.78, 5) is 15.1. The van der Waals surface area contributed by atoms with E-state index < -0.39 is 0 Å². The SMILES string of the molecule is CN(CCCC(=O)c1cccs1)C1CCOCC1. The zero-order valence-electron chi connectivity index (χ0n) is 10.9. The maximum atomic E-state index is 11.8. The smallest absolute Gasteiger partial charge is 0.172 e. The highest BCUT2D eigenvalue weighted by atomic mass is 32.1. The Morgan fingerprint density at radius 3 is 2.94 bits per heavy atom. The molecule has 1 fully saturated rings. The maximum absolute atomic E-state index is 11.8. The van der Waals surface area contributed by atoms with Gasteiger partial charge in [0.25, 0.3) is 0 Å². The number of carbonyl (C=O) groups is 1. The Bertz CT molecular complexity index is 358. The lowest BCUT2D eigenvalue weighted by atomic mass is 10.1. The van der Waals surface area contributed by atoms with Crippen molar-refractivity contribution < 1.29 is 9.53 Å². The number of nitrogens with zero attached hydrogens (tertiary/aromatic N) is 1. The van der Waals surface area contributed by atoms with Crippen LogP contribution in [-0.2, 0) is 4.74 Å². The summed E-state index contributed by atoms with van der Waals surface area (Å²) < 4.78 is 5.36. The first-order chi connectivity index (χ1) is 8.77. The molecule has 2 heterocycles. The standard InChI is InChI=1S/C14H21NO2S/c1-15(12-6-9-17-10-7-12)8-2-4-13(16)14-5-3-11-18-14/h3,5,11-12H,2,4,6-10H2,1H3. The van der Waals surface area contributed by atoms with Gasteiger partial charge in [-0.3, -0.25) is 4.79 Å². The van der Waals surface area contributed by atoms with Crippen molar-refractivity contribution in [1.82, 2.24) is 4.90 Å². The molecule has 0 radical (unpaired) electrons. The molecule has 4 heteroatoms. The zero-order valence-corrected chi connectivity index (χ0v) is 11.7. The van der Waals surface area contributed by atoms with E-state index in [-0.39, 0.29) is 5.78 Å². The quantitative estimate of drug-likeness (QED) is 0.742. The van der Waals surface area contributed by atoms with Crippen LogP contribution in [0, 0.1) is 0 Å². The second-order valence-electron chi connectivity index (χ2n) is 4.83. The highest BCUT2D eigenvalue weighted by molar-refractivity contribution is 7.12. The van der Waals surface area contributed by atoms with Crippen molar-refractivity contribution in [2.75, 3.05) is 26.8 Å². The first-order valence-corrected chi connectivity index (χ1v) is 7.50. The molecule has 0 spiro atoms. The highest BCUT2D eigenvalue weighted by Crippen LogP contribution is 2.15. The first-order valence-electron chi connectivity index (χ1n) is 6.62. The third-order valence-electron chi connectivity index (χ3n) is 3.52. The van der Waals surface area contributed by atoms with Crippen molar-refractivity contribution in [1.29, 1.82) is 0 Å². The summed E-state index contributed by atoms with van der Waals surface area (Å²) in [6.07, 6.45) is 3.85. The summed E-state index contributed by atoms with van der Waals surface area (Å²) >= 11 is 1.54. The molecule has 0 aliphatic carbocycles. The van der Waals surface area contributed by atoms with Crippen LogP contribution in [0.25, 0.3) is 0 Å². The van der Waals surface area contributed by atoms with E-state index in [1.54, 1.807) is 0 Å².